The normalized spacial score (nSPS) is 18.4. The summed E-state index contributed by atoms with van der Waals surface area (Å²) in [5, 5.41) is 12.5. The first-order chi connectivity index (χ1) is 18.6. The number of unbranched alkanes of at least 4 members (excludes halogenated alkanes) is 2. The van der Waals surface area contributed by atoms with Gasteiger partial charge in [0, 0.05) is 25.8 Å². The second-order valence-electron chi connectivity index (χ2n) is 9.08. The number of fused-ring (bicyclic) bond motifs is 1. The molecule has 0 aromatic heterocycles. The van der Waals surface area contributed by atoms with Crippen molar-refractivity contribution in [1.82, 2.24) is 0 Å². The van der Waals surface area contributed by atoms with E-state index in [4.69, 9.17) is 28.4 Å². The molecule has 0 amide bonds. The van der Waals surface area contributed by atoms with Crippen molar-refractivity contribution in [1.29, 1.82) is 0 Å². The lowest BCUT2D eigenvalue weighted by molar-refractivity contribution is 0.00991. The summed E-state index contributed by atoms with van der Waals surface area (Å²) in [7, 11) is 3.15. The van der Waals surface area contributed by atoms with Gasteiger partial charge in [-0.25, -0.2) is 0 Å². The molecule has 0 bridgehead atoms. The first-order valence-corrected chi connectivity index (χ1v) is 14.2. The molecular weight excluding hydrogens is 599 g/mol. The number of ether oxygens (including phenoxy) is 6. The highest BCUT2D eigenvalue weighted by Gasteiger charge is 2.46. The van der Waals surface area contributed by atoms with E-state index in [1.165, 1.54) is 10.8 Å². The van der Waals surface area contributed by atoms with Crippen molar-refractivity contribution >= 4 is 22.6 Å². The number of rotatable bonds is 14. The van der Waals surface area contributed by atoms with Gasteiger partial charge in [0.15, 0.2) is 13.6 Å². The van der Waals surface area contributed by atoms with Gasteiger partial charge < -0.3 is 33.5 Å². The molecule has 0 spiro atoms. The molecule has 2 atom stereocenters. The monoisotopic (exact) mass is 634 g/mol. The number of halogens is 1. The summed E-state index contributed by atoms with van der Waals surface area (Å²) in [4.78, 5) is 0. The highest BCUT2D eigenvalue weighted by molar-refractivity contribution is 14.1. The summed E-state index contributed by atoms with van der Waals surface area (Å²) in [6.07, 6.45) is 3.39. The molecule has 3 aromatic carbocycles. The maximum atomic E-state index is 12.5. The summed E-state index contributed by atoms with van der Waals surface area (Å²) in [6.45, 7) is 1.26. The SMILES string of the molecule is COCOc1ccc(C2COc3cc(OCOC)ccc3C2(O)c2ccc(OCCCCCI)cc2)cc1. The zero-order valence-corrected chi connectivity index (χ0v) is 24.0. The Kier molecular flexibility index (Phi) is 10.5. The van der Waals surface area contributed by atoms with E-state index in [0.29, 0.717) is 29.4 Å². The molecular formula is C30H35IO7. The fourth-order valence-electron chi connectivity index (χ4n) is 4.62. The summed E-state index contributed by atoms with van der Waals surface area (Å²) < 4.78 is 34.5. The molecule has 0 saturated carbocycles. The van der Waals surface area contributed by atoms with Crippen LogP contribution in [-0.2, 0) is 15.1 Å². The minimum atomic E-state index is -1.35. The van der Waals surface area contributed by atoms with Crippen molar-refractivity contribution in [2.24, 2.45) is 0 Å². The molecule has 0 fully saturated rings. The van der Waals surface area contributed by atoms with Crippen LogP contribution in [-0.4, -0.2) is 50.6 Å². The van der Waals surface area contributed by atoms with Gasteiger partial charge in [0.05, 0.1) is 19.1 Å². The van der Waals surface area contributed by atoms with Gasteiger partial charge in [-0.2, -0.15) is 0 Å². The van der Waals surface area contributed by atoms with Gasteiger partial charge in [-0.15, -0.1) is 0 Å². The Morgan fingerprint density at radius 2 is 1.45 bits per heavy atom. The highest BCUT2D eigenvalue weighted by Crippen LogP contribution is 2.50. The molecule has 38 heavy (non-hydrogen) atoms. The second-order valence-corrected chi connectivity index (χ2v) is 10.2. The maximum Gasteiger partial charge on any atom is 0.188 e. The third kappa shape index (κ3) is 6.72. The Balaban J connectivity index is 1.64. The van der Waals surface area contributed by atoms with Crippen LogP contribution in [0, 0.1) is 0 Å². The largest absolute Gasteiger partial charge is 0.494 e. The number of methoxy groups -OCH3 is 2. The third-order valence-electron chi connectivity index (χ3n) is 6.58. The van der Waals surface area contributed by atoms with Crippen LogP contribution in [0.2, 0.25) is 0 Å². The molecule has 3 aromatic rings. The van der Waals surface area contributed by atoms with Crippen molar-refractivity contribution in [2.45, 2.75) is 30.8 Å². The Labute approximate surface area is 238 Å². The fraction of sp³-hybridized carbons (Fsp3) is 0.400. The molecule has 1 aliphatic rings. The van der Waals surface area contributed by atoms with Gasteiger partial charge in [-0.1, -0.05) is 46.9 Å². The lowest BCUT2D eigenvalue weighted by Crippen LogP contribution is -2.41. The smallest absolute Gasteiger partial charge is 0.188 e. The number of benzene rings is 3. The maximum absolute atomic E-state index is 12.5. The average Bonchev–Trinajstić information content (AvgIpc) is 2.95. The van der Waals surface area contributed by atoms with Crippen LogP contribution in [0.1, 0.15) is 41.9 Å². The Morgan fingerprint density at radius 3 is 2.13 bits per heavy atom. The Morgan fingerprint density at radius 1 is 0.816 bits per heavy atom. The number of hydrogen-bond acceptors (Lipinski definition) is 7. The van der Waals surface area contributed by atoms with E-state index in [1.54, 1.807) is 20.3 Å². The predicted octanol–water partition coefficient (Wildman–Crippen LogP) is 6.05. The molecule has 0 radical (unpaired) electrons. The Hall–Kier alpha value is -2.53. The van der Waals surface area contributed by atoms with Gasteiger partial charge in [0.1, 0.15) is 28.6 Å². The van der Waals surface area contributed by atoms with E-state index >= 15 is 0 Å². The van der Waals surface area contributed by atoms with Crippen molar-refractivity contribution in [2.75, 3.05) is 45.4 Å². The van der Waals surface area contributed by atoms with E-state index < -0.39 is 5.60 Å². The van der Waals surface area contributed by atoms with Crippen molar-refractivity contribution in [3.8, 4) is 23.0 Å². The molecule has 1 N–H and O–H groups in total. The van der Waals surface area contributed by atoms with Crippen LogP contribution < -0.4 is 18.9 Å². The zero-order chi connectivity index (χ0) is 26.8. The van der Waals surface area contributed by atoms with E-state index in [-0.39, 0.29) is 26.1 Å². The summed E-state index contributed by atoms with van der Waals surface area (Å²) in [5.74, 6) is 2.30. The van der Waals surface area contributed by atoms with E-state index in [1.807, 2.05) is 60.7 Å². The molecule has 4 rings (SSSR count). The van der Waals surface area contributed by atoms with Gasteiger partial charge in [-0.3, -0.25) is 0 Å². The summed E-state index contributed by atoms with van der Waals surface area (Å²) in [5.41, 5.74) is 1.01. The number of aliphatic hydroxyl groups is 1. The number of hydrogen-bond donors (Lipinski definition) is 1. The van der Waals surface area contributed by atoms with Gasteiger partial charge in [0.2, 0.25) is 0 Å². The summed E-state index contributed by atoms with van der Waals surface area (Å²) >= 11 is 2.40. The Bertz CT molecular complexity index is 1140. The highest BCUT2D eigenvalue weighted by atomic mass is 127. The first-order valence-electron chi connectivity index (χ1n) is 12.7. The van der Waals surface area contributed by atoms with Crippen molar-refractivity contribution in [3.05, 3.63) is 83.4 Å². The van der Waals surface area contributed by atoms with E-state index in [0.717, 1.165) is 29.7 Å². The van der Waals surface area contributed by atoms with Crippen molar-refractivity contribution < 1.29 is 33.5 Å². The van der Waals surface area contributed by atoms with Crippen molar-refractivity contribution in [3.63, 3.8) is 0 Å². The average molecular weight is 635 g/mol. The summed E-state index contributed by atoms with van der Waals surface area (Å²) in [6, 6.07) is 20.9. The molecule has 0 aliphatic carbocycles. The van der Waals surface area contributed by atoms with Gasteiger partial charge in [0.25, 0.3) is 0 Å². The minimum Gasteiger partial charge on any atom is -0.494 e. The standard InChI is InChI=1S/C30H35IO7/c1-33-20-37-25-10-6-22(7-11-25)28-19-36-29-18-26(38-21-34-2)14-15-27(29)30(28,32)23-8-12-24(13-9-23)35-17-5-3-4-16-31/h6-15,18,28,32H,3-5,16-17,19-21H2,1-2H3. The predicted molar refractivity (Wildman–Crippen MR) is 154 cm³/mol. The van der Waals surface area contributed by atoms with Crippen LogP contribution in [0.4, 0.5) is 0 Å². The number of alkyl halides is 1. The van der Waals surface area contributed by atoms with Crippen LogP contribution in [0.25, 0.3) is 0 Å². The second kappa shape index (κ2) is 14.0. The van der Waals surface area contributed by atoms with Crippen LogP contribution in [0.15, 0.2) is 66.7 Å². The zero-order valence-electron chi connectivity index (χ0n) is 21.9. The fourth-order valence-corrected chi connectivity index (χ4v) is 5.16. The quantitative estimate of drug-likeness (QED) is 0.100. The van der Waals surface area contributed by atoms with Crippen LogP contribution in [0.3, 0.4) is 0 Å². The van der Waals surface area contributed by atoms with Gasteiger partial charge >= 0.3 is 0 Å². The van der Waals surface area contributed by atoms with Crippen LogP contribution >= 0.6 is 22.6 Å². The molecule has 1 heterocycles. The molecule has 2 unspecified atom stereocenters. The lowest BCUT2D eigenvalue weighted by Gasteiger charge is -2.42. The molecule has 204 valence electrons. The van der Waals surface area contributed by atoms with Crippen LogP contribution in [0.5, 0.6) is 23.0 Å². The van der Waals surface area contributed by atoms with E-state index in [2.05, 4.69) is 22.6 Å². The van der Waals surface area contributed by atoms with E-state index in [9.17, 15) is 5.11 Å². The first kappa shape index (κ1) is 28.5. The topological polar surface area (TPSA) is 75.6 Å². The third-order valence-corrected chi connectivity index (χ3v) is 7.35. The minimum absolute atomic E-state index is 0.128. The molecule has 7 nitrogen and oxygen atoms in total. The molecule has 1 aliphatic heterocycles. The van der Waals surface area contributed by atoms with Gasteiger partial charge in [-0.05, 0) is 71.2 Å². The molecule has 0 saturated heterocycles. The molecule has 8 heteroatoms. The lowest BCUT2D eigenvalue weighted by atomic mass is 9.71.